The molecule has 1 heterocycles. The van der Waals surface area contributed by atoms with Crippen LogP contribution in [0.5, 0.6) is 0 Å². The van der Waals surface area contributed by atoms with E-state index in [0.29, 0.717) is 0 Å². The fourth-order valence-corrected chi connectivity index (χ4v) is 3.06. The minimum Gasteiger partial charge on any atom is -0.369 e. The molecular formula is C22H30N4. The van der Waals surface area contributed by atoms with Crippen LogP contribution < -0.4 is 11.2 Å². The van der Waals surface area contributed by atoms with E-state index in [0.717, 1.165) is 60.7 Å². The fraction of sp³-hybridized carbons (Fsp3) is 0.318. The molecule has 1 aromatic carbocycles. The van der Waals surface area contributed by atoms with E-state index in [1.165, 1.54) is 0 Å². The summed E-state index contributed by atoms with van der Waals surface area (Å²) in [5, 5.41) is 7.52. The molecular weight excluding hydrogens is 320 g/mol. The van der Waals surface area contributed by atoms with E-state index in [-0.39, 0.29) is 0 Å². The van der Waals surface area contributed by atoms with Gasteiger partial charge in [-0.25, -0.2) is 0 Å². The molecule has 0 unspecified atom stereocenters. The number of rotatable bonds is 7. The van der Waals surface area contributed by atoms with Gasteiger partial charge >= 0.3 is 0 Å². The number of nitrogens with one attached hydrogen (secondary N) is 1. The molecule has 26 heavy (non-hydrogen) atoms. The Morgan fingerprint density at radius 1 is 1.27 bits per heavy atom. The monoisotopic (exact) mass is 350 g/mol. The van der Waals surface area contributed by atoms with Crippen molar-refractivity contribution in [3.05, 3.63) is 83.6 Å². The van der Waals surface area contributed by atoms with Gasteiger partial charge in [0, 0.05) is 43.0 Å². The predicted molar refractivity (Wildman–Crippen MR) is 112 cm³/mol. The number of allylic oxidation sites excluding steroid dienone is 6. The average Bonchev–Trinajstić information content (AvgIpc) is 2.69. The number of benzene rings is 1. The minimum atomic E-state index is 0.777. The molecule has 1 aliphatic heterocycles. The molecule has 138 valence electrons. The number of nitrogens with two attached hydrogens (primary N) is 1. The molecule has 4 nitrogen and oxygen atoms in total. The topological polar surface area (TPSA) is 53.6 Å². The summed E-state index contributed by atoms with van der Waals surface area (Å²) >= 11 is 0. The summed E-state index contributed by atoms with van der Waals surface area (Å²) < 4.78 is 0. The molecule has 0 amide bonds. The first-order chi connectivity index (χ1) is 12.7. The van der Waals surface area contributed by atoms with Crippen LogP contribution in [0.1, 0.15) is 25.8 Å². The quantitative estimate of drug-likeness (QED) is 0.342. The van der Waals surface area contributed by atoms with Crippen molar-refractivity contribution in [3.8, 4) is 0 Å². The summed E-state index contributed by atoms with van der Waals surface area (Å²) in [6, 6.07) is 10.1. The Kier molecular flexibility index (Phi) is 7.90. The lowest BCUT2D eigenvalue weighted by Crippen LogP contribution is -2.42. The van der Waals surface area contributed by atoms with Gasteiger partial charge in [0.05, 0.1) is 5.71 Å². The first kappa shape index (κ1) is 19.7. The summed E-state index contributed by atoms with van der Waals surface area (Å²) in [4.78, 5) is 2.30. The molecule has 1 aliphatic rings. The second-order valence-electron chi connectivity index (χ2n) is 6.20. The lowest BCUT2D eigenvalue weighted by atomic mass is 9.93. The highest BCUT2D eigenvalue weighted by Gasteiger charge is 2.16. The minimum absolute atomic E-state index is 0.777. The summed E-state index contributed by atoms with van der Waals surface area (Å²) in [6.45, 7) is 12.3. The van der Waals surface area contributed by atoms with Gasteiger partial charge in [-0.05, 0) is 25.0 Å². The van der Waals surface area contributed by atoms with E-state index in [1.807, 2.05) is 43.3 Å². The van der Waals surface area contributed by atoms with Crippen molar-refractivity contribution < 1.29 is 0 Å². The van der Waals surface area contributed by atoms with Crippen molar-refractivity contribution >= 4 is 5.71 Å². The van der Waals surface area contributed by atoms with E-state index >= 15 is 0 Å². The Labute approximate surface area is 157 Å². The van der Waals surface area contributed by atoms with Crippen molar-refractivity contribution in [2.75, 3.05) is 26.2 Å². The van der Waals surface area contributed by atoms with Crippen LogP contribution >= 0.6 is 0 Å². The number of nitrogens with zero attached hydrogens (tertiary/aromatic N) is 2. The SMILES string of the molecule is C=C(/C=C(C(=N/N)\c1ccccc1)/C(/C=C\C)=C/CC)N1CCNCC1. The summed E-state index contributed by atoms with van der Waals surface area (Å²) in [7, 11) is 0. The van der Waals surface area contributed by atoms with Crippen molar-refractivity contribution in [2.24, 2.45) is 10.9 Å². The van der Waals surface area contributed by atoms with Crippen molar-refractivity contribution in [1.29, 1.82) is 0 Å². The van der Waals surface area contributed by atoms with Crippen LogP contribution in [-0.2, 0) is 0 Å². The normalized spacial score (nSPS) is 17.0. The van der Waals surface area contributed by atoms with Gasteiger partial charge in [-0.2, -0.15) is 5.10 Å². The summed E-state index contributed by atoms with van der Waals surface area (Å²) in [6.07, 6.45) is 9.40. The van der Waals surface area contributed by atoms with Crippen LogP contribution in [0.15, 0.2) is 83.2 Å². The molecule has 0 aliphatic carbocycles. The van der Waals surface area contributed by atoms with E-state index in [4.69, 9.17) is 5.84 Å². The maximum absolute atomic E-state index is 5.83. The van der Waals surface area contributed by atoms with E-state index in [2.05, 4.69) is 47.0 Å². The molecule has 0 atom stereocenters. The molecule has 0 radical (unpaired) electrons. The second-order valence-corrected chi connectivity index (χ2v) is 6.20. The van der Waals surface area contributed by atoms with Crippen LogP contribution in [0, 0.1) is 0 Å². The maximum Gasteiger partial charge on any atom is 0.0977 e. The van der Waals surface area contributed by atoms with Gasteiger partial charge in [0.25, 0.3) is 0 Å². The van der Waals surface area contributed by atoms with Gasteiger partial charge in [-0.15, -0.1) is 0 Å². The van der Waals surface area contributed by atoms with E-state index in [1.54, 1.807) is 0 Å². The molecule has 1 aromatic rings. The van der Waals surface area contributed by atoms with Crippen molar-refractivity contribution in [1.82, 2.24) is 10.2 Å². The van der Waals surface area contributed by atoms with Gasteiger partial charge < -0.3 is 16.1 Å². The van der Waals surface area contributed by atoms with Gasteiger partial charge in [-0.1, -0.05) is 62.1 Å². The molecule has 0 bridgehead atoms. The highest BCUT2D eigenvalue weighted by Crippen LogP contribution is 2.22. The van der Waals surface area contributed by atoms with Gasteiger partial charge in [0.2, 0.25) is 0 Å². The van der Waals surface area contributed by atoms with Crippen molar-refractivity contribution in [3.63, 3.8) is 0 Å². The van der Waals surface area contributed by atoms with Gasteiger partial charge in [0.15, 0.2) is 0 Å². The summed E-state index contributed by atoms with van der Waals surface area (Å²) in [5.41, 5.74) is 4.88. The first-order valence-corrected chi connectivity index (χ1v) is 9.24. The van der Waals surface area contributed by atoms with Crippen LogP contribution in [-0.4, -0.2) is 36.8 Å². The van der Waals surface area contributed by atoms with E-state index in [9.17, 15) is 0 Å². The Bertz CT molecular complexity index is 705. The van der Waals surface area contributed by atoms with Crippen LogP contribution in [0.25, 0.3) is 0 Å². The Balaban J connectivity index is 2.48. The summed E-state index contributed by atoms with van der Waals surface area (Å²) in [5.74, 6) is 5.83. The Hall–Kier alpha value is -2.59. The second kappa shape index (κ2) is 10.4. The third-order valence-corrected chi connectivity index (χ3v) is 4.35. The largest absolute Gasteiger partial charge is 0.369 e. The Morgan fingerprint density at radius 2 is 1.96 bits per heavy atom. The maximum atomic E-state index is 5.83. The number of hydrogen-bond donors (Lipinski definition) is 2. The number of hydrazone groups is 1. The first-order valence-electron chi connectivity index (χ1n) is 9.24. The van der Waals surface area contributed by atoms with Gasteiger partial charge in [0.1, 0.15) is 0 Å². The number of hydrogen-bond acceptors (Lipinski definition) is 4. The van der Waals surface area contributed by atoms with Crippen LogP contribution in [0.3, 0.4) is 0 Å². The third-order valence-electron chi connectivity index (χ3n) is 4.35. The molecule has 0 saturated carbocycles. The zero-order valence-electron chi connectivity index (χ0n) is 15.9. The molecule has 0 aromatic heterocycles. The van der Waals surface area contributed by atoms with Crippen molar-refractivity contribution in [2.45, 2.75) is 20.3 Å². The van der Waals surface area contributed by atoms with Crippen LogP contribution in [0.2, 0.25) is 0 Å². The zero-order valence-corrected chi connectivity index (χ0v) is 15.9. The molecule has 1 saturated heterocycles. The average molecular weight is 351 g/mol. The Morgan fingerprint density at radius 3 is 2.54 bits per heavy atom. The van der Waals surface area contributed by atoms with Gasteiger partial charge in [-0.3, -0.25) is 0 Å². The van der Waals surface area contributed by atoms with E-state index < -0.39 is 0 Å². The molecule has 1 fully saturated rings. The lowest BCUT2D eigenvalue weighted by Gasteiger charge is -2.30. The fourth-order valence-electron chi connectivity index (χ4n) is 3.06. The van der Waals surface area contributed by atoms with Crippen LogP contribution in [0.4, 0.5) is 0 Å². The highest BCUT2D eigenvalue weighted by molar-refractivity contribution is 6.15. The lowest BCUT2D eigenvalue weighted by molar-refractivity contribution is 0.308. The molecule has 3 N–H and O–H groups in total. The predicted octanol–water partition coefficient (Wildman–Crippen LogP) is 3.61. The highest BCUT2D eigenvalue weighted by atomic mass is 15.2. The smallest absolute Gasteiger partial charge is 0.0977 e. The molecule has 0 spiro atoms. The zero-order chi connectivity index (χ0) is 18.8. The standard InChI is InChI=1S/C22H30N4/c1-4-9-19(10-5-2)21(17-18(3)26-15-13-24-14-16-26)22(25-23)20-11-7-6-8-12-20/h4,6-12,17,24H,3,5,13-16,23H2,1-2H3/b9-4-,19-10+,21-17-,25-22-. The third kappa shape index (κ3) is 5.20. The molecule has 2 rings (SSSR count). The molecule has 4 heteroatoms. The number of piperazine rings is 1.